The molecule has 1 aromatic carbocycles. The highest BCUT2D eigenvalue weighted by Crippen LogP contribution is 2.34. The number of anilines is 2. The van der Waals surface area contributed by atoms with E-state index >= 15 is 0 Å². The molecule has 2 aromatic heterocycles. The number of piperazine rings is 1. The molecule has 1 saturated heterocycles. The van der Waals surface area contributed by atoms with E-state index in [9.17, 15) is 14.0 Å². The predicted octanol–water partition coefficient (Wildman–Crippen LogP) is 3.66. The molecule has 1 N–H and O–H groups in total. The Bertz CT molecular complexity index is 1060. The van der Waals surface area contributed by atoms with Crippen molar-refractivity contribution in [3.05, 3.63) is 59.5 Å². The molecular weight excluding hydrogens is 417 g/mol. The van der Waals surface area contributed by atoms with E-state index in [0.29, 0.717) is 48.9 Å². The summed E-state index contributed by atoms with van der Waals surface area (Å²) in [5, 5.41) is 2.86. The molecule has 0 bridgehead atoms. The van der Waals surface area contributed by atoms with Gasteiger partial charge in [0.15, 0.2) is 0 Å². The highest BCUT2D eigenvalue weighted by Gasteiger charge is 2.28. The number of carbonyl (C=O) groups excluding carboxylic acids is 2. The normalized spacial score (nSPS) is 13.9. The van der Waals surface area contributed by atoms with Crippen LogP contribution in [0.25, 0.3) is 11.3 Å². The lowest BCUT2D eigenvalue weighted by atomic mass is 10.1. The van der Waals surface area contributed by atoms with Gasteiger partial charge < -0.3 is 15.1 Å². The van der Waals surface area contributed by atoms with Crippen LogP contribution in [-0.2, 0) is 4.79 Å². The first-order chi connectivity index (χ1) is 15.1. The Morgan fingerprint density at radius 3 is 2.39 bits per heavy atom. The van der Waals surface area contributed by atoms with Crippen molar-refractivity contribution in [2.45, 2.75) is 13.3 Å². The van der Waals surface area contributed by atoms with Crippen molar-refractivity contribution in [3.8, 4) is 11.3 Å². The Morgan fingerprint density at radius 1 is 1.06 bits per heavy atom. The van der Waals surface area contributed by atoms with Crippen LogP contribution in [-0.4, -0.2) is 52.3 Å². The third kappa shape index (κ3) is 4.56. The molecule has 160 valence electrons. The lowest BCUT2D eigenvalue weighted by Crippen LogP contribution is -2.48. The summed E-state index contributed by atoms with van der Waals surface area (Å²) in [4.78, 5) is 33.8. The summed E-state index contributed by atoms with van der Waals surface area (Å²) in [6.45, 7) is 4.10. The summed E-state index contributed by atoms with van der Waals surface area (Å²) in [6, 6.07) is 9.96. The van der Waals surface area contributed by atoms with E-state index in [2.05, 4.69) is 19.6 Å². The number of pyridine rings is 1. The van der Waals surface area contributed by atoms with E-state index in [4.69, 9.17) is 0 Å². The second kappa shape index (κ2) is 9.22. The smallest absolute Gasteiger partial charge is 0.267 e. The fraction of sp³-hybridized carbons (Fsp3) is 0.273. The van der Waals surface area contributed by atoms with Crippen LogP contribution in [0.3, 0.4) is 0 Å². The second-order valence-corrected chi connectivity index (χ2v) is 7.90. The molecular formula is C22H22FN5O2S. The number of hydrogen-bond donors (Lipinski definition) is 1. The standard InChI is InChI=1S/C22H22FN5O2S/c1-2-18(29)25-20-19(15-7-9-24-10-8-15)26-31-21(20)22(30)28-13-11-27(12-14-28)17-5-3-16(23)4-6-17/h3-10H,2,11-14H2,1H3,(H,25,29). The monoisotopic (exact) mass is 439 g/mol. The molecule has 0 atom stereocenters. The van der Waals surface area contributed by atoms with Crippen LogP contribution >= 0.6 is 11.5 Å². The van der Waals surface area contributed by atoms with E-state index in [1.807, 2.05) is 0 Å². The Kier molecular flexibility index (Phi) is 6.22. The molecule has 1 fully saturated rings. The number of halogens is 1. The van der Waals surface area contributed by atoms with Crippen LogP contribution in [0, 0.1) is 5.82 Å². The number of benzene rings is 1. The van der Waals surface area contributed by atoms with Crippen molar-refractivity contribution in [3.63, 3.8) is 0 Å². The minimum Gasteiger partial charge on any atom is -0.368 e. The molecule has 7 nitrogen and oxygen atoms in total. The quantitative estimate of drug-likeness (QED) is 0.657. The summed E-state index contributed by atoms with van der Waals surface area (Å²) < 4.78 is 17.6. The van der Waals surface area contributed by atoms with Gasteiger partial charge in [-0.25, -0.2) is 4.39 Å². The van der Waals surface area contributed by atoms with Gasteiger partial charge in [-0.3, -0.25) is 14.6 Å². The maximum Gasteiger partial charge on any atom is 0.267 e. The number of rotatable bonds is 5. The Morgan fingerprint density at radius 2 is 1.74 bits per heavy atom. The van der Waals surface area contributed by atoms with Crippen molar-refractivity contribution in [1.29, 1.82) is 0 Å². The SMILES string of the molecule is CCC(=O)Nc1c(-c2ccncc2)nsc1C(=O)N1CCN(c2ccc(F)cc2)CC1. The molecule has 3 heterocycles. The number of amides is 2. The van der Waals surface area contributed by atoms with Gasteiger partial charge in [-0.1, -0.05) is 6.92 Å². The third-order valence-electron chi connectivity index (χ3n) is 5.18. The van der Waals surface area contributed by atoms with Gasteiger partial charge >= 0.3 is 0 Å². The molecule has 4 rings (SSSR count). The maximum absolute atomic E-state index is 13.3. The fourth-order valence-corrected chi connectivity index (χ4v) is 4.28. The third-order valence-corrected chi connectivity index (χ3v) is 6.02. The molecule has 0 radical (unpaired) electrons. The van der Waals surface area contributed by atoms with E-state index in [-0.39, 0.29) is 17.6 Å². The summed E-state index contributed by atoms with van der Waals surface area (Å²) in [5.74, 6) is -0.594. The Hall–Kier alpha value is -3.33. The highest BCUT2D eigenvalue weighted by atomic mass is 32.1. The summed E-state index contributed by atoms with van der Waals surface area (Å²) in [5.41, 5.74) is 2.75. The molecule has 0 unspecified atom stereocenters. The predicted molar refractivity (Wildman–Crippen MR) is 119 cm³/mol. The molecule has 3 aromatic rings. The van der Waals surface area contributed by atoms with Crippen molar-refractivity contribution in [2.24, 2.45) is 0 Å². The molecule has 0 aliphatic carbocycles. The van der Waals surface area contributed by atoms with Gasteiger partial charge in [0.1, 0.15) is 16.4 Å². The average Bonchev–Trinajstić information content (AvgIpc) is 3.23. The van der Waals surface area contributed by atoms with Crippen LogP contribution in [0.15, 0.2) is 48.8 Å². The van der Waals surface area contributed by atoms with Crippen molar-refractivity contribution in [2.75, 3.05) is 36.4 Å². The molecule has 1 aliphatic heterocycles. The van der Waals surface area contributed by atoms with Gasteiger partial charge in [-0.2, -0.15) is 4.37 Å². The van der Waals surface area contributed by atoms with Gasteiger partial charge in [-0.05, 0) is 47.9 Å². The molecule has 1 aliphatic rings. The van der Waals surface area contributed by atoms with Gasteiger partial charge in [0.05, 0.1) is 5.69 Å². The van der Waals surface area contributed by atoms with E-state index < -0.39 is 0 Å². The molecule has 31 heavy (non-hydrogen) atoms. The largest absolute Gasteiger partial charge is 0.368 e. The number of nitrogens with zero attached hydrogens (tertiary/aromatic N) is 4. The zero-order chi connectivity index (χ0) is 21.8. The minimum atomic E-state index is -0.269. The lowest BCUT2D eigenvalue weighted by molar-refractivity contribution is -0.115. The van der Waals surface area contributed by atoms with Crippen molar-refractivity contribution in [1.82, 2.24) is 14.3 Å². The van der Waals surface area contributed by atoms with Crippen molar-refractivity contribution >= 4 is 34.7 Å². The van der Waals surface area contributed by atoms with E-state index in [1.165, 1.54) is 12.1 Å². The topological polar surface area (TPSA) is 78.4 Å². The Labute approximate surface area is 183 Å². The Balaban J connectivity index is 1.54. The highest BCUT2D eigenvalue weighted by molar-refractivity contribution is 7.09. The lowest BCUT2D eigenvalue weighted by Gasteiger charge is -2.36. The number of hydrogen-bond acceptors (Lipinski definition) is 6. The maximum atomic E-state index is 13.3. The average molecular weight is 440 g/mol. The first-order valence-corrected chi connectivity index (χ1v) is 10.8. The number of carbonyl (C=O) groups is 2. The fourth-order valence-electron chi connectivity index (χ4n) is 3.45. The van der Waals surface area contributed by atoms with Crippen molar-refractivity contribution < 1.29 is 14.0 Å². The van der Waals surface area contributed by atoms with Gasteiger partial charge in [0.25, 0.3) is 5.91 Å². The zero-order valence-electron chi connectivity index (χ0n) is 17.0. The molecule has 0 saturated carbocycles. The molecule has 0 spiro atoms. The van der Waals surface area contributed by atoms with Crippen LogP contribution < -0.4 is 10.2 Å². The summed E-state index contributed by atoms with van der Waals surface area (Å²) in [6.07, 6.45) is 3.60. The second-order valence-electron chi connectivity index (χ2n) is 7.13. The minimum absolute atomic E-state index is 0.150. The number of nitrogens with one attached hydrogen (secondary N) is 1. The van der Waals surface area contributed by atoms with E-state index in [0.717, 1.165) is 22.8 Å². The van der Waals surface area contributed by atoms with Gasteiger partial charge in [0.2, 0.25) is 5.91 Å². The van der Waals surface area contributed by atoms with Gasteiger partial charge in [0, 0.05) is 56.2 Å². The van der Waals surface area contributed by atoms with Crippen LogP contribution in [0.1, 0.15) is 23.0 Å². The molecule has 9 heteroatoms. The van der Waals surface area contributed by atoms with Crippen LogP contribution in [0.5, 0.6) is 0 Å². The summed E-state index contributed by atoms with van der Waals surface area (Å²) in [7, 11) is 0. The zero-order valence-corrected chi connectivity index (χ0v) is 17.9. The van der Waals surface area contributed by atoms with Crippen LogP contribution in [0.2, 0.25) is 0 Å². The van der Waals surface area contributed by atoms with Crippen LogP contribution in [0.4, 0.5) is 15.8 Å². The number of aromatic nitrogens is 2. The van der Waals surface area contributed by atoms with Gasteiger partial charge in [-0.15, -0.1) is 0 Å². The summed E-state index contributed by atoms with van der Waals surface area (Å²) >= 11 is 1.09. The van der Waals surface area contributed by atoms with E-state index in [1.54, 1.807) is 48.5 Å². The first-order valence-electron chi connectivity index (χ1n) is 10.1. The molecule has 2 amide bonds. The first kappa shape index (κ1) is 20.9.